The van der Waals surface area contributed by atoms with Gasteiger partial charge in [-0.25, -0.2) is 14.6 Å². The van der Waals surface area contributed by atoms with Gasteiger partial charge >= 0.3 is 0 Å². The quantitative estimate of drug-likeness (QED) is 0.712. The molecule has 0 aromatic carbocycles. The molecule has 0 saturated carbocycles. The van der Waals surface area contributed by atoms with E-state index in [9.17, 15) is 0 Å². The molecule has 1 spiro atoms. The zero-order chi connectivity index (χ0) is 19.6. The van der Waals surface area contributed by atoms with E-state index in [-0.39, 0.29) is 30.4 Å². The van der Waals surface area contributed by atoms with Gasteiger partial charge in [-0.3, -0.25) is 0 Å². The van der Waals surface area contributed by atoms with Crippen LogP contribution in [0, 0.1) is 5.92 Å². The minimum atomic E-state index is -0.0445. The second-order valence-corrected chi connectivity index (χ2v) is 8.72. The van der Waals surface area contributed by atoms with Gasteiger partial charge in [-0.05, 0) is 44.7 Å². The number of piperidine rings is 1. The molecule has 0 bridgehead atoms. The summed E-state index contributed by atoms with van der Waals surface area (Å²) in [5, 5.41) is 9.58. The Balaban J connectivity index is 0.00000160. The zero-order valence-corrected chi connectivity index (χ0v) is 20.0. The van der Waals surface area contributed by atoms with Gasteiger partial charge in [0.1, 0.15) is 12.1 Å². The third kappa shape index (κ3) is 5.18. The van der Waals surface area contributed by atoms with E-state index in [0.29, 0.717) is 5.92 Å². The number of ether oxygens (including phenoxy) is 1. The molecule has 9 heteroatoms. The van der Waals surface area contributed by atoms with Crippen molar-refractivity contribution in [3.05, 3.63) is 12.0 Å². The summed E-state index contributed by atoms with van der Waals surface area (Å²) in [6, 6.07) is 0. The number of nitrogens with one attached hydrogen (secondary N) is 1. The van der Waals surface area contributed by atoms with Crippen LogP contribution in [0.15, 0.2) is 6.33 Å². The molecule has 2 fully saturated rings. The number of halogens is 2. The number of unbranched alkanes of at least 4 members (excludes halogenated alkanes) is 1. The molecular weight excluding hydrogens is 423 g/mol. The second-order valence-electron chi connectivity index (χ2n) is 8.72. The average Bonchev–Trinajstić information content (AvgIpc) is 3.04. The van der Waals surface area contributed by atoms with E-state index in [1.165, 1.54) is 0 Å². The summed E-state index contributed by atoms with van der Waals surface area (Å²) in [4.78, 5) is 11.8. The van der Waals surface area contributed by atoms with Crippen LogP contribution in [-0.2, 0) is 17.7 Å². The predicted molar refractivity (Wildman–Crippen MR) is 126 cm³/mol. The normalized spacial score (nSPS) is 18.5. The van der Waals surface area contributed by atoms with E-state index in [1.54, 1.807) is 6.33 Å². The maximum atomic E-state index is 6.28. The number of rotatable bonds is 6. The first kappa shape index (κ1) is 25.1. The Bertz CT molecular complexity index is 801. The maximum absolute atomic E-state index is 6.28. The summed E-state index contributed by atoms with van der Waals surface area (Å²) < 4.78 is 8.38. The molecule has 2 aromatic heterocycles. The standard InChI is InChI=1S/C21H34N6O.2ClH/c1-4-5-10-27-20-18(17(25-27)13-16(2)3)19(23-15-24-20)26-11-12-28-21(14-26)6-8-22-9-7-21;;/h15-16,22H,4-14H2,1-3H3;2*1H. The summed E-state index contributed by atoms with van der Waals surface area (Å²) in [6.45, 7) is 12.2. The van der Waals surface area contributed by atoms with E-state index in [0.717, 1.165) is 94.0 Å². The fourth-order valence-electron chi connectivity index (χ4n) is 4.51. The van der Waals surface area contributed by atoms with Crippen molar-refractivity contribution >= 4 is 41.7 Å². The van der Waals surface area contributed by atoms with Crippen LogP contribution in [0.4, 0.5) is 5.82 Å². The number of hydrogen-bond donors (Lipinski definition) is 1. The highest BCUT2D eigenvalue weighted by molar-refractivity contribution is 5.90. The van der Waals surface area contributed by atoms with E-state index in [1.807, 2.05) is 0 Å². The summed E-state index contributed by atoms with van der Waals surface area (Å²) in [6.07, 6.45) is 7.06. The van der Waals surface area contributed by atoms with E-state index < -0.39 is 0 Å². The minimum Gasteiger partial charge on any atom is -0.371 e. The Morgan fingerprint density at radius 3 is 2.67 bits per heavy atom. The van der Waals surface area contributed by atoms with Crippen LogP contribution >= 0.6 is 24.8 Å². The molecular formula is C21H36Cl2N6O. The van der Waals surface area contributed by atoms with Crippen LogP contribution in [0.5, 0.6) is 0 Å². The molecule has 0 amide bonds. The van der Waals surface area contributed by atoms with Crippen LogP contribution in [0.3, 0.4) is 0 Å². The van der Waals surface area contributed by atoms with Gasteiger partial charge < -0.3 is 15.0 Å². The molecule has 0 unspecified atom stereocenters. The SMILES string of the molecule is CCCCn1nc(CC(C)C)c2c(N3CCOC4(CCNCC4)C3)ncnc21.Cl.Cl. The van der Waals surface area contributed by atoms with Crippen molar-refractivity contribution in [3.63, 3.8) is 0 Å². The number of nitrogens with zero attached hydrogens (tertiary/aromatic N) is 5. The fraction of sp³-hybridized carbons (Fsp3) is 0.762. The summed E-state index contributed by atoms with van der Waals surface area (Å²) in [5.74, 6) is 1.59. The van der Waals surface area contributed by atoms with Crippen molar-refractivity contribution in [2.75, 3.05) is 37.7 Å². The number of morpholine rings is 1. The molecule has 2 aromatic rings. The molecule has 2 aliphatic heterocycles. The third-order valence-electron chi connectivity index (χ3n) is 5.97. The predicted octanol–water partition coefficient (Wildman–Crippen LogP) is 3.63. The van der Waals surface area contributed by atoms with Gasteiger partial charge in [0, 0.05) is 19.6 Å². The molecule has 0 atom stereocenters. The lowest BCUT2D eigenvalue weighted by Gasteiger charge is -2.45. The molecule has 1 N–H and O–H groups in total. The van der Waals surface area contributed by atoms with E-state index in [4.69, 9.17) is 14.8 Å². The number of aromatic nitrogens is 4. The molecule has 0 radical (unpaired) electrons. The average molecular weight is 459 g/mol. The first-order valence-corrected chi connectivity index (χ1v) is 10.9. The molecule has 4 heterocycles. The molecule has 170 valence electrons. The first-order chi connectivity index (χ1) is 13.6. The Labute approximate surface area is 192 Å². The summed E-state index contributed by atoms with van der Waals surface area (Å²) in [5.41, 5.74) is 2.08. The van der Waals surface area contributed by atoms with Gasteiger partial charge in [0.15, 0.2) is 5.65 Å². The molecule has 4 rings (SSSR count). The molecule has 0 aliphatic carbocycles. The van der Waals surface area contributed by atoms with E-state index >= 15 is 0 Å². The van der Waals surface area contributed by atoms with Gasteiger partial charge in [0.05, 0.1) is 23.3 Å². The van der Waals surface area contributed by atoms with E-state index in [2.05, 4.69) is 40.7 Å². The maximum Gasteiger partial charge on any atom is 0.163 e. The monoisotopic (exact) mass is 458 g/mol. The van der Waals surface area contributed by atoms with Crippen molar-refractivity contribution in [1.29, 1.82) is 0 Å². The van der Waals surface area contributed by atoms with Gasteiger partial charge in [0.2, 0.25) is 0 Å². The van der Waals surface area contributed by atoms with Crippen molar-refractivity contribution in [1.82, 2.24) is 25.1 Å². The lowest BCUT2D eigenvalue weighted by molar-refractivity contribution is -0.0739. The first-order valence-electron chi connectivity index (χ1n) is 10.9. The topological polar surface area (TPSA) is 68.1 Å². The Kier molecular flexibility index (Phi) is 9.15. The second kappa shape index (κ2) is 10.9. The van der Waals surface area contributed by atoms with Crippen molar-refractivity contribution in [2.24, 2.45) is 5.92 Å². The van der Waals surface area contributed by atoms with Crippen LogP contribution < -0.4 is 10.2 Å². The van der Waals surface area contributed by atoms with Gasteiger partial charge in [-0.2, -0.15) is 5.10 Å². The van der Waals surface area contributed by atoms with Crippen LogP contribution in [0.1, 0.15) is 52.1 Å². The lowest BCUT2D eigenvalue weighted by Crippen LogP contribution is -2.56. The minimum absolute atomic E-state index is 0. The molecule has 30 heavy (non-hydrogen) atoms. The van der Waals surface area contributed by atoms with Crippen LogP contribution in [0.25, 0.3) is 11.0 Å². The molecule has 7 nitrogen and oxygen atoms in total. The van der Waals surface area contributed by atoms with Gasteiger partial charge in [-0.15, -0.1) is 24.8 Å². The van der Waals surface area contributed by atoms with Gasteiger partial charge in [0.25, 0.3) is 0 Å². The molecule has 2 aliphatic rings. The number of fused-ring (bicyclic) bond motifs is 1. The number of aryl methyl sites for hydroxylation is 1. The zero-order valence-electron chi connectivity index (χ0n) is 18.4. The highest BCUT2D eigenvalue weighted by Gasteiger charge is 2.39. The lowest BCUT2D eigenvalue weighted by atomic mass is 9.90. The van der Waals surface area contributed by atoms with Crippen LogP contribution in [-0.4, -0.2) is 58.1 Å². The van der Waals surface area contributed by atoms with Gasteiger partial charge in [-0.1, -0.05) is 27.2 Å². The highest BCUT2D eigenvalue weighted by Crippen LogP contribution is 2.34. The summed E-state index contributed by atoms with van der Waals surface area (Å²) >= 11 is 0. The Hall–Kier alpha value is -1.15. The van der Waals surface area contributed by atoms with Crippen molar-refractivity contribution < 1.29 is 4.74 Å². The Morgan fingerprint density at radius 1 is 1.20 bits per heavy atom. The van der Waals surface area contributed by atoms with Crippen molar-refractivity contribution in [2.45, 2.75) is 65.0 Å². The largest absolute Gasteiger partial charge is 0.371 e. The highest BCUT2D eigenvalue weighted by atomic mass is 35.5. The Morgan fingerprint density at radius 2 is 1.97 bits per heavy atom. The molecule has 2 saturated heterocycles. The number of hydrogen-bond acceptors (Lipinski definition) is 6. The van der Waals surface area contributed by atoms with Crippen LogP contribution in [0.2, 0.25) is 0 Å². The third-order valence-corrected chi connectivity index (χ3v) is 5.97. The summed E-state index contributed by atoms with van der Waals surface area (Å²) in [7, 11) is 0. The van der Waals surface area contributed by atoms with Crippen molar-refractivity contribution in [3.8, 4) is 0 Å². The fourth-order valence-corrected chi connectivity index (χ4v) is 4.51. The number of anilines is 1. The smallest absolute Gasteiger partial charge is 0.163 e.